The molecule has 1 aliphatic rings. The van der Waals surface area contributed by atoms with Crippen LogP contribution in [0.2, 0.25) is 0 Å². The third-order valence-corrected chi connectivity index (χ3v) is 3.92. The number of nitrogen functional groups attached to an aromatic ring is 1. The molecule has 2 aromatic heterocycles. The second-order valence-electron chi connectivity index (χ2n) is 5.70. The molecule has 0 saturated carbocycles. The number of anilines is 3. The van der Waals surface area contributed by atoms with Crippen molar-refractivity contribution in [1.82, 2.24) is 14.9 Å². The summed E-state index contributed by atoms with van der Waals surface area (Å²) >= 11 is 0. The predicted molar refractivity (Wildman–Crippen MR) is 94.9 cm³/mol. The van der Waals surface area contributed by atoms with Gasteiger partial charge in [0.05, 0.1) is 30.9 Å². The molecule has 3 heterocycles. The largest absolute Gasteiger partial charge is 0.467 e. The molecular weight excluding hydrogens is 342 g/mol. The lowest BCUT2D eigenvalue weighted by Gasteiger charge is -2.26. The van der Waals surface area contributed by atoms with Crippen LogP contribution in [0.25, 0.3) is 0 Å². The minimum Gasteiger partial charge on any atom is -0.467 e. The fourth-order valence-electron chi connectivity index (χ4n) is 2.59. The Morgan fingerprint density at radius 1 is 1.31 bits per heavy atom. The number of morpholine rings is 1. The monoisotopic (exact) mass is 363 g/mol. The molecule has 0 bridgehead atoms. The van der Waals surface area contributed by atoms with Crippen LogP contribution in [0.1, 0.15) is 5.76 Å². The van der Waals surface area contributed by atoms with Crippen molar-refractivity contribution in [3.63, 3.8) is 0 Å². The van der Waals surface area contributed by atoms with Gasteiger partial charge in [-0.25, -0.2) is 0 Å². The van der Waals surface area contributed by atoms with Crippen LogP contribution in [-0.4, -0.2) is 59.2 Å². The Balaban J connectivity index is 1.66. The maximum absolute atomic E-state index is 11.3. The normalized spacial score (nSPS) is 14.9. The summed E-state index contributed by atoms with van der Waals surface area (Å²) in [6.45, 7) is 4.83. The van der Waals surface area contributed by atoms with Crippen molar-refractivity contribution in [1.29, 1.82) is 0 Å². The van der Waals surface area contributed by atoms with Crippen LogP contribution in [0.4, 0.5) is 23.3 Å². The van der Waals surface area contributed by atoms with Gasteiger partial charge in [-0.05, 0) is 12.1 Å². The average Bonchev–Trinajstić information content (AvgIpc) is 3.14. The fourth-order valence-corrected chi connectivity index (χ4v) is 2.59. The molecule has 2 aromatic rings. The summed E-state index contributed by atoms with van der Waals surface area (Å²) in [5, 5.41) is 17.2. The van der Waals surface area contributed by atoms with Crippen LogP contribution in [0, 0.1) is 10.1 Å². The SMILES string of the molecule is Nc1nc(NCCN2CCOCC2)nc(NCc2ccco2)c1[N+](=O)[O-]. The molecule has 26 heavy (non-hydrogen) atoms. The molecule has 0 aliphatic carbocycles. The van der Waals surface area contributed by atoms with E-state index >= 15 is 0 Å². The second kappa shape index (κ2) is 8.45. The highest BCUT2D eigenvalue weighted by atomic mass is 16.6. The molecule has 140 valence electrons. The van der Waals surface area contributed by atoms with Crippen molar-refractivity contribution >= 4 is 23.3 Å². The van der Waals surface area contributed by atoms with Crippen LogP contribution in [0.5, 0.6) is 0 Å². The summed E-state index contributed by atoms with van der Waals surface area (Å²) in [4.78, 5) is 21.1. The van der Waals surface area contributed by atoms with Crippen molar-refractivity contribution in [2.75, 3.05) is 55.8 Å². The molecule has 0 aromatic carbocycles. The van der Waals surface area contributed by atoms with Gasteiger partial charge >= 0.3 is 5.69 Å². The third-order valence-electron chi connectivity index (χ3n) is 3.92. The Kier molecular flexibility index (Phi) is 5.81. The zero-order chi connectivity index (χ0) is 18.4. The van der Waals surface area contributed by atoms with E-state index in [4.69, 9.17) is 14.9 Å². The van der Waals surface area contributed by atoms with Gasteiger partial charge in [0.25, 0.3) is 0 Å². The van der Waals surface area contributed by atoms with E-state index in [0.29, 0.717) is 12.3 Å². The van der Waals surface area contributed by atoms with Gasteiger partial charge in [0.2, 0.25) is 17.6 Å². The van der Waals surface area contributed by atoms with Crippen LogP contribution in [0.3, 0.4) is 0 Å². The number of nitrogens with one attached hydrogen (secondary N) is 2. The molecule has 11 nitrogen and oxygen atoms in total. The Hall–Kier alpha value is -2.92. The third kappa shape index (κ3) is 4.58. The predicted octanol–water partition coefficient (Wildman–Crippen LogP) is 0.916. The molecule has 11 heteroatoms. The van der Waals surface area contributed by atoms with E-state index in [9.17, 15) is 10.1 Å². The number of hydrogen-bond acceptors (Lipinski definition) is 10. The lowest BCUT2D eigenvalue weighted by atomic mass is 10.4. The molecule has 1 fully saturated rings. The number of furan rings is 1. The Labute approximate surface area is 149 Å². The summed E-state index contributed by atoms with van der Waals surface area (Å²) in [6.07, 6.45) is 1.53. The minimum absolute atomic E-state index is 0.0489. The quantitative estimate of drug-likeness (QED) is 0.457. The highest BCUT2D eigenvalue weighted by Gasteiger charge is 2.23. The van der Waals surface area contributed by atoms with Gasteiger partial charge < -0.3 is 25.5 Å². The number of rotatable bonds is 8. The molecular formula is C15H21N7O4. The Morgan fingerprint density at radius 3 is 2.81 bits per heavy atom. The maximum atomic E-state index is 11.3. The average molecular weight is 363 g/mol. The van der Waals surface area contributed by atoms with E-state index in [1.807, 2.05) is 0 Å². The van der Waals surface area contributed by atoms with Crippen molar-refractivity contribution in [3.8, 4) is 0 Å². The number of nitrogens with two attached hydrogens (primary N) is 1. The first-order chi connectivity index (χ1) is 12.6. The molecule has 0 unspecified atom stereocenters. The lowest BCUT2D eigenvalue weighted by Crippen LogP contribution is -2.39. The van der Waals surface area contributed by atoms with Crippen LogP contribution in [0.15, 0.2) is 22.8 Å². The van der Waals surface area contributed by atoms with Crippen molar-refractivity contribution in [2.24, 2.45) is 0 Å². The second-order valence-corrected chi connectivity index (χ2v) is 5.70. The fraction of sp³-hybridized carbons (Fsp3) is 0.467. The topological polar surface area (TPSA) is 145 Å². The maximum Gasteiger partial charge on any atom is 0.353 e. The zero-order valence-electron chi connectivity index (χ0n) is 14.2. The molecule has 3 rings (SSSR count). The summed E-state index contributed by atoms with van der Waals surface area (Å²) < 4.78 is 10.5. The Bertz CT molecular complexity index is 732. The van der Waals surface area contributed by atoms with E-state index in [1.165, 1.54) is 6.26 Å². The molecule has 1 saturated heterocycles. The highest BCUT2D eigenvalue weighted by molar-refractivity contribution is 5.69. The number of hydrogen-bond donors (Lipinski definition) is 3. The van der Waals surface area contributed by atoms with Gasteiger partial charge in [-0.2, -0.15) is 9.97 Å². The standard InChI is InChI=1S/C15H21N7O4/c16-13-12(22(23)24)14(18-10-11-2-1-7-26-11)20-15(19-13)17-3-4-21-5-8-25-9-6-21/h1-2,7H,3-6,8-10H2,(H4,16,17,18,19,20). The number of nitro groups is 1. The Morgan fingerprint density at radius 2 is 2.12 bits per heavy atom. The van der Waals surface area contributed by atoms with E-state index in [1.54, 1.807) is 12.1 Å². The molecule has 1 aliphatic heterocycles. The summed E-state index contributed by atoms with van der Waals surface area (Å²) in [5.41, 5.74) is 5.41. The van der Waals surface area contributed by atoms with Crippen molar-refractivity contribution in [2.45, 2.75) is 6.54 Å². The summed E-state index contributed by atoms with van der Waals surface area (Å²) in [5.74, 6) is 0.718. The summed E-state index contributed by atoms with van der Waals surface area (Å²) in [7, 11) is 0. The lowest BCUT2D eigenvalue weighted by molar-refractivity contribution is -0.383. The first-order valence-electron chi connectivity index (χ1n) is 8.25. The number of ether oxygens (including phenoxy) is 1. The summed E-state index contributed by atoms with van der Waals surface area (Å²) in [6, 6.07) is 3.49. The molecule has 0 atom stereocenters. The minimum atomic E-state index is -0.600. The van der Waals surface area contributed by atoms with Gasteiger partial charge in [-0.15, -0.1) is 0 Å². The molecule has 0 amide bonds. The zero-order valence-corrected chi connectivity index (χ0v) is 14.2. The van der Waals surface area contributed by atoms with Gasteiger partial charge in [-0.1, -0.05) is 0 Å². The smallest absolute Gasteiger partial charge is 0.353 e. The first-order valence-corrected chi connectivity index (χ1v) is 8.25. The number of aromatic nitrogens is 2. The van der Waals surface area contributed by atoms with Gasteiger partial charge in [0.1, 0.15) is 5.76 Å². The highest BCUT2D eigenvalue weighted by Crippen LogP contribution is 2.29. The van der Waals surface area contributed by atoms with E-state index in [2.05, 4.69) is 25.5 Å². The van der Waals surface area contributed by atoms with E-state index < -0.39 is 4.92 Å². The van der Waals surface area contributed by atoms with Gasteiger partial charge in [0.15, 0.2) is 0 Å². The van der Waals surface area contributed by atoms with Gasteiger partial charge in [0, 0.05) is 26.2 Å². The van der Waals surface area contributed by atoms with Crippen LogP contribution >= 0.6 is 0 Å². The van der Waals surface area contributed by atoms with Crippen molar-refractivity contribution < 1.29 is 14.1 Å². The molecule has 0 radical (unpaired) electrons. The van der Waals surface area contributed by atoms with Gasteiger partial charge in [-0.3, -0.25) is 15.0 Å². The number of nitrogens with zero attached hydrogens (tertiary/aromatic N) is 4. The molecule has 0 spiro atoms. The molecule has 4 N–H and O–H groups in total. The van der Waals surface area contributed by atoms with E-state index in [-0.39, 0.29) is 29.8 Å². The van der Waals surface area contributed by atoms with Crippen LogP contribution in [-0.2, 0) is 11.3 Å². The van der Waals surface area contributed by atoms with E-state index in [0.717, 1.165) is 32.8 Å². The first kappa shape index (κ1) is 17.9. The van der Waals surface area contributed by atoms with Crippen molar-refractivity contribution in [3.05, 3.63) is 34.3 Å². The van der Waals surface area contributed by atoms with Crippen LogP contribution < -0.4 is 16.4 Å².